The Labute approximate surface area is 125 Å². The van der Waals surface area contributed by atoms with Crippen LogP contribution in [0.25, 0.3) is 0 Å². The summed E-state index contributed by atoms with van der Waals surface area (Å²) in [7, 11) is -2.04. The number of pyridine rings is 1. The van der Waals surface area contributed by atoms with Gasteiger partial charge in [-0.2, -0.15) is 4.31 Å². The third kappa shape index (κ3) is 3.47. The molecule has 21 heavy (non-hydrogen) atoms. The molecule has 0 radical (unpaired) electrons. The molecule has 6 heteroatoms. The summed E-state index contributed by atoms with van der Waals surface area (Å²) in [5.41, 5.74) is 8.00. The molecule has 0 spiro atoms. The van der Waals surface area contributed by atoms with Gasteiger partial charge in [0.25, 0.3) is 0 Å². The van der Waals surface area contributed by atoms with Gasteiger partial charge >= 0.3 is 0 Å². The molecule has 2 N–H and O–H groups in total. The van der Waals surface area contributed by atoms with Crippen LogP contribution in [-0.4, -0.2) is 24.8 Å². The fourth-order valence-corrected chi connectivity index (χ4v) is 3.47. The normalized spacial score (nSPS) is 11.8. The van der Waals surface area contributed by atoms with E-state index >= 15 is 0 Å². The van der Waals surface area contributed by atoms with Crippen LogP contribution in [0.1, 0.15) is 16.8 Å². The van der Waals surface area contributed by atoms with Gasteiger partial charge in [0.15, 0.2) is 0 Å². The number of sulfonamides is 1. The Morgan fingerprint density at radius 2 is 2.00 bits per heavy atom. The summed E-state index contributed by atoms with van der Waals surface area (Å²) >= 11 is 0. The van der Waals surface area contributed by atoms with E-state index in [1.54, 1.807) is 19.3 Å². The van der Waals surface area contributed by atoms with Gasteiger partial charge < -0.3 is 5.73 Å². The van der Waals surface area contributed by atoms with Gasteiger partial charge in [-0.05, 0) is 24.6 Å². The fraction of sp³-hybridized carbons (Fsp3) is 0.267. The number of rotatable bonds is 5. The number of benzene rings is 1. The largest absolute Gasteiger partial charge is 0.325 e. The predicted molar refractivity (Wildman–Crippen MR) is 82.0 cm³/mol. The number of hydrogen-bond donors (Lipinski definition) is 1. The molecule has 0 saturated heterocycles. The Kier molecular flexibility index (Phi) is 4.72. The molecule has 0 amide bonds. The Morgan fingerprint density at radius 1 is 1.24 bits per heavy atom. The SMILES string of the molecule is Cc1cccc(CN(C)S(=O)(=O)c2cccnc2CN)c1. The highest BCUT2D eigenvalue weighted by atomic mass is 32.2. The highest BCUT2D eigenvalue weighted by molar-refractivity contribution is 7.89. The van der Waals surface area contributed by atoms with Gasteiger partial charge in [0.2, 0.25) is 10.0 Å². The number of nitrogens with zero attached hydrogens (tertiary/aromatic N) is 2. The molecule has 1 heterocycles. The fourth-order valence-electron chi connectivity index (χ4n) is 2.13. The minimum atomic E-state index is -3.60. The molecule has 0 atom stereocenters. The first-order chi connectivity index (χ1) is 9.95. The zero-order valence-electron chi connectivity index (χ0n) is 12.2. The standard InChI is InChI=1S/C15H19N3O2S/c1-12-5-3-6-13(9-12)11-18(2)21(19,20)15-7-4-8-17-14(15)10-16/h3-9H,10-11,16H2,1-2H3. The quantitative estimate of drug-likeness (QED) is 0.911. The highest BCUT2D eigenvalue weighted by Crippen LogP contribution is 2.19. The molecule has 0 unspecified atom stereocenters. The van der Waals surface area contributed by atoms with Crippen LogP contribution in [0.3, 0.4) is 0 Å². The third-order valence-corrected chi connectivity index (χ3v) is 5.10. The number of hydrogen-bond acceptors (Lipinski definition) is 4. The van der Waals surface area contributed by atoms with Gasteiger partial charge in [0.1, 0.15) is 4.90 Å². The molecule has 0 bridgehead atoms. The topological polar surface area (TPSA) is 76.3 Å². The summed E-state index contributed by atoms with van der Waals surface area (Å²) in [5, 5.41) is 0. The minimum Gasteiger partial charge on any atom is -0.325 e. The Hall–Kier alpha value is -1.76. The molecule has 112 valence electrons. The van der Waals surface area contributed by atoms with Gasteiger partial charge in [0.05, 0.1) is 5.69 Å². The Bertz CT molecular complexity index is 729. The monoisotopic (exact) mass is 305 g/mol. The second kappa shape index (κ2) is 6.34. The Morgan fingerprint density at radius 3 is 2.67 bits per heavy atom. The number of nitrogens with two attached hydrogens (primary N) is 1. The molecule has 1 aromatic heterocycles. The van der Waals surface area contributed by atoms with Crippen molar-refractivity contribution in [3.8, 4) is 0 Å². The average Bonchev–Trinajstić information content (AvgIpc) is 2.47. The first-order valence-corrected chi connectivity index (χ1v) is 8.05. The van der Waals surface area contributed by atoms with E-state index in [9.17, 15) is 8.42 Å². The van der Waals surface area contributed by atoms with Crippen molar-refractivity contribution in [3.05, 3.63) is 59.4 Å². The summed E-state index contributed by atoms with van der Waals surface area (Å²) in [5.74, 6) is 0. The zero-order chi connectivity index (χ0) is 15.5. The van der Waals surface area contributed by atoms with Crippen molar-refractivity contribution in [1.29, 1.82) is 0 Å². The van der Waals surface area contributed by atoms with E-state index in [0.29, 0.717) is 12.2 Å². The summed E-state index contributed by atoms with van der Waals surface area (Å²) in [6.07, 6.45) is 1.54. The summed E-state index contributed by atoms with van der Waals surface area (Å²) in [4.78, 5) is 4.21. The molecule has 0 fully saturated rings. The Balaban J connectivity index is 2.31. The molecule has 0 aliphatic heterocycles. The van der Waals surface area contributed by atoms with Crippen LogP contribution in [-0.2, 0) is 23.1 Å². The van der Waals surface area contributed by atoms with E-state index in [1.165, 1.54) is 10.4 Å². The van der Waals surface area contributed by atoms with E-state index in [1.807, 2.05) is 31.2 Å². The predicted octanol–water partition coefficient (Wildman–Crippen LogP) is 1.67. The summed E-state index contributed by atoms with van der Waals surface area (Å²) in [6.45, 7) is 2.38. The maximum atomic E-state index is 12.6. The maximum absolute atomic E-state index is 12.6. The summed E-state index contributed by atoms with van der Waals surface area (Å²) < 4.78 is 26.6. The first kappa shape index (κ1) is 15.6. The third-order valence-electron chi connectivity index (χ3n) is 3.22. The van der Waals surface area contributed by atoms with Crippen LogP contribution in [0.4, 0.5) is 0 Å². The van der Waals surface area contributed by atoms with Crippen molar-refractivity contribution in [1.82, 2.24) is 9.29 Å². The van der Waals surface area contributed by atoms with Crippen molar-refractivity contribution in [2.75, 3.05) is 7.05 Å². The van der Waals surface area contributed by atoms with Gasteiger partial charge in [-0.1, -0.05) is 29.8 Å². The highest BCUT2D eigenvalue weighted by Gasteiger charge is 2.24. The van der Waals surface area contributed by atoms with Gasteiger partial charge in [-0.3, -0.25) is 4.98 Å². The van der Waals surface area contributed by atoms with E-state index in [-0.39, 0.29) is 11.4 Å². The van der Waals surface area contributed by atoms with Crippen LogP contribution in [0, 0.1) is 6.92 Å². The lowest BCUT2D eigenvalue weighted by Crippen LogP contribution is -2.28. The molecule has 5 nitrogen and oxygen atoms in total. The molecule has 0 aliphatic carbocycles. The lowest BCUT2D eigenvalue weighted by atomic mass is 10.1. The van der Waals surface area contributed by atoms with Crippen molar-refractivity contribution in [2.45, 2.75) is 24.9 Å². The first-order valence-electron chi connectivity index (χ1n) is 6.61. The van der Waals surface area contributed by atoms with Gasteiger partial charge in [-0.25, -0.2) is 8.42 Å². The molecular formula is C15H19N3O2S. The molecule has 0 saturated carbocycles. The summed E-state index contributed by atoms with van der Waals surface area (Å²) in [6, 6.07) is 10.9. The number of aryl methyl sites for hydroxylation is 1. The van der Waals surface area contributed by atoms with Crippen molar-refractivity contribution in [3.63, 3.8) is 0 Å². The van der Waals surface area contributed by atoms with E-state index < -0.39 is 10.0 Å². The molecular weight excluding hydrogens is 286 g/mol. The van der Waals surface area contributed by atoms with Crippen molar-refractivity contribution in [2.24, 2.45) is 5.73 Å². The van der Waals surface area contributed by atoms with Crippen LogP contribution >= 0.6 is 0 Å². The van der Waals surface area contributed by atoms with Crippen LogP contribution in [0.15, 0.2) is 47.5 Å². The second-order valence-electron chi connectivity index (χ2n) is 4.90. The molecule has 1 aromatic carbocycles. The lowest BCUT2D eigenvalue weighted by Gasteiger charge is -2.18. The molecule has 2 aromatic rings. The van der Waals surface area contributed by atoms with Gasteiger partial charge in [-0.15, -0.1) is 0 Å². The smallest absolute Gasteiger partial charge is 0.244 e. The molecule has 0 aliphatic rings. The van der Waals surface area contributed by atoms with Crippen LogP contribution in [0.5, 0.6) is 0 Å². The van der Waals surface area contributed by atoms with E-state index in [2.05, 4.69) is 4.98 Å². The van der Waals surface area contributed by atoms with Crippen LogP contribution in [0.2, 0.25) is 0 Å². The van der Waals surface area contributed by atoms with E-state index in [0.717, 1.165) is 11.1 Å². The van der Waals surface area contributed by atoms with Crippen molar-refractivity contribution < 1.29 is 8.42 Å². The number of aromatic nitrogens is 1. The second-order valence-corrected chi connectivity index (χ2v) is 6.92. The zero-order valence-corrected chi connectivity index (χ0v) is 13.0. The van der Waals surface area contributed by atoms with E-state index in [4.69, 9.17) is 5.73 Å². The van der Waals surface area contributed by atoms with Crippen LogP contribution < -0.4 is 5.73 Å². The van der Waals surface area contributed by atoms with Crippen molar-refractivity contribution >= 4 is 10.0 Å². The minimum absolute atomic E-state index is 0.0910. The maximum Gasteiger partial charge on any atom is 0.244 e. The van der Waals surface area contributed by atoms with Gasteiger partial charge in [0, 0.05) is 26.3 Å². The lowest BCUT2D eigenvalue weighted by molar-refractivity contribution is 0.465. The molecule has 2 rings (SSSR count). The average molecular weight is 305 g/mol.